The van der Waals surface area contributed by atoms with Gasteiger partial charge in [-0.15, -0.1) is 0 Å². The largest absolute Gasteiger partial charge is 0.490 e. The van der Waals surface area contributed by atoms with Crippen molar-refractivity contribution in [2.75, 3.05) is 44.3 Å². The highest BCUT2D eigenvalue weighted by molar-refractivity contribution is 7.90. The van der Waals surface area contributed by atoms with E-state index in [-0.39, 0.29) is 23.0 Å². The van der Waals surface area contributed by atoms with Gasteiger partial charge < -0.3 is 14.4 Å². The van der Waals surface area contributed by atoms with E-state index in [0.29, 0.717) is 45.0 Å². The number of amides is 1. The summed E-state index contributed by atoms with van der Waals surface area (Å²) in [5.74, 6) is -0.181. The molecule has 1 amide bonds. The predicted molar refractivity (Wildman–Crippen MR) is 201 cm³/mol. The molecule has 3 heterocycles. The SMILES string of the molecule is C[C@@H]1[C@@H](C)C/C=C/CN(Cc2ccncc2)CCOC2CC=C2CN2C[C@@]3(CCCc4cc(Cl)ccc43)COc3ccc(cc32)C(=O)NS1(=O)=O. The van der Waals surface area contributed by atoms with Crippen LogP contribution in [0.25, 0.3) is 0 Å². The molecule has 1 unspecified atom stereocenters. The Balaban J connectivity index is 1.21. The molecular formula is C40H47ClN4O5S. The summed E-state index contributed by atoms with van der Waals surface area (Å²) in [4.78, 5) is 22.4. The minimum absolute atomic E-state index is 0.00565. The highest BCUT2D eigenvalue weighted by atomic mass is 35.5. The molecule has 9 nitrogen and oxygen atoms in total. The minimum Gasteiger partial charge on any atom is -0.490 e. The normalized spacial score (nSPS) is 27.7. The van der Waals surface area contributed by atoms with Crippen LogP contribution in [0.15, 0.2) is 84.7 Å². The Labute approximate surface area is 306 Å². The lowest BCUT2D eigenvalue weighted by atomic mass is 9.70. The van der Waals surface area contributed by atoms with E-state index in [1.807, 2.05) is 43.6 Å². The lowest BCUT2D eigenvalue weighted by Gasteiger charge is -2.42. The molecule has 4 atom stereocenters. The van der Waals surface area contributed by atoms with Gasteiger partial charge in [0, 0.05) is 61.1 Å². The lowest BCUT2D eigenvalue weighted by Crippen LogP contribution is -2.47. The molecule has 2 bridgehead atoms. The first kappa shape index (κ1) is 35.7. The van der Waals surface area contributed by atoms with Gasteiger partial charge in [-0.2, -0.15) is 0 Å². The molecule has 2 aliphatic heterocycles. The van der Waals surface area contributed by atoms with Crippen molar-refractivity contribution in [1.29, 1.82) is 0 Å². The van der Waals surface area contributed by atoms with Crippen LogP contribution < -0.4 is 14.4 Å². The van der Waals surface area contributed by atoms with Gasteiger partial charge in [0.25, 0.3) is 5.91 Å². The first-order valence-electron chi connectivity index (χ1n) is 18.0. The zero-order chi connectivity index (χ0) is 35.6. The second kappa shape index (κ2) is 15.1. The molecule has 0 saturated carbocycles. The summed E-state index contributed by atoms with van der Waals surface area (Å²) in [7, 11) is -3.95. The maximum Gasteiger partial charge on any atom is 0.264 e. The molecule has 270 valence electrons. The van der Waals surface area contributed by atoms with Crippen LogP contribution in [0.2, 0.25) is 5.02 Å². The van der Waals surface area contributed by atoms with E-state index >= 15 is 0 Å². The highest BCUT2D eigenvalue weighted by Crippen LogP contribution is 2.45. The number of pyridine rings is 1. The van der Waals surface area contributed by atoms with Crippen LogP contribution >= 0.6 is 11.6 Å². The maximum atomic E-state index is 13.6. The Bertz CT molecular complexity index is 1920. The van der Waals surface area contributed by atoms with Gasteiger partial charge in [-0.3, -0.25) is 14.7 Å². The number of ether oxygens (including phenoxy) is 2. The zero-order valence-electron chi connectivity index (χ0n) is 29.4. The number of aryl methyl sites for hydroxylation is 1. The number of halogens is 1. The molecule has 0 radical (unpaired) electrons. The summed E-state index contributed by atoms with van der Waals surface area (Å²) in [6.07, 6.45) is 14.3. The number of nitrogens with one attached hydrogen (secondary N) is 1. The number of hydrogen-bond donors (Lipinski definition) is 1. The fourth-order valence-electron chi connectivity index (χ4n) is 7.79. The summed E-state index contributed by atoms with van der Waals surface area (Å²) >= 11 is 6.45. The van der Waals surface area contributed by atoms with Gasteiger partial charge in [0.1, 0.15) is 5.75 Å². The molecule has 0 fully saturated rings. The van der Waals surface area contributed by atoms with Gasteiger partial charge in [-0.05, 0) is 110 Å². The number of aromatic nitrogens is 1. The van der Waals surface area contributed by atoms with Crippen LogP contribution in [0, 0.1) is 5.92 Å². The number of hydrogen-bond acceptors (Lipinski definition) is 8. The van der Waals surface area contributed by atoms with Crippen molar-refractivity contribution in [3.63, 3.8) is 0 Å². The second-order valence-corrected chi connectivity index (χ2v) is 17.1. The molecule has 3 aromatic rings. The molecule has 0 saturated heterocycles. The van der Waals surface area contributed by atoms with Crippen LogP contribution in [-0.2, 0) is 33.1 Å². The molecular weight excluding hydrogens is 684 g/mol. The number of anilines is 1. The van der Waals surface area contributed by atoms with Crippen molar-refractivity contribution in [2.24, 2.45) is 5.92 Å². The number of nitrogens with zero attached hydrogens (tertiary/aromatic N) is 3. The second-order valence-electron chi connectivity index (χ2n) is 14.6. The van der Waals surface area contributed by atoms with Crippen LogP contribution in [-0.4, -0.2) is 75.0 Å². The number of carbonyl (C=O) groups excluding carboxylic acids is 1. The predicted octanol–water partition coefficient (Wildman–Crippen LogP) is 6.47. The zero-order valence-corrected chi connectivity index (χ0v) is 31.0. The van der Waals surface area contributed by atoms with Gasteiger partial charge in [-0.1, -0.05) is 42.8 Å². The van der Waals surface area contributed by atoms with Crippen LogP contribution in [0.3, 0.4) is 0 Å². The maximum absolute atomic E-state index is 13.6. The topological polar surface area (TPSA) is 101 Å². The monoisotopic (exact) mass is 730 g/mol. The number of fused-ring (bicyclic) bond motifs is 4. The van der Waals surface area contributed by atoms with E-state index in [2.05, 4.69) is 43.8 Å². The number of carbonyl (C=O) groups is 1. The summed E-state index contributed by atoms with van der Waals surface area (Å²) in [5, 5.41) is -0.0448. The number of benzene rings is 2. The molecule has 51 heavy (non-hydrogen) atoms. The highest BCUT2D eigenvalue weighted by Gasteiger charge is 2.42. The molecule has 4 aliphatic rings. The molecule has 1 N–H and O–H groups in total. The lowest BCUT2D eigenvalue weighted by molar-refractivity contribution is 0.0491. The minimum atomic E-state index is -3.95. The summed E-state index contributed by atoms with van der Waals surface area (Å²) < 4.78 is 42.5. The molecule has 2 aliphatic carbocycles. The summed E-state index contributed by atoms with van der Waals surface area (Å²) in [6.45, 7) is 8.10. The first-order valence-corrected chi connectivity index (χ1v) is 20.0. The van der Waals surface area contributed by atoms with E-state index in [9.17, 15) is 13.2 Å². The van der Waals surface area contributed by atoms with Gasteiger partial charge in [0.05, 0.1) is 30.3 Å². The van der Waals surface area contributed by atoms with Crippen molar-refractivity contribution in [3.8, 4) is 5.75 Å². The van der Waals surface area contributed by atoms with E-state index in [1.165, 1.54) is 22.3 Å². The molecule has 11 heteroatoms. The van der Waals surface area contributed by atoms with Gasteiger partial charge in [0.2, 0.25) is 10.0 Å². The van der Waals surface area contributed by atoms with E-state index in [4.69, 9.17) is 21.1 Å². The Morgan fingerprint density at radius 2 is 1.90 bits per heavy atom. The fourth-order valence-corrected chi connectivity index (χ4v) is 9.27. The first-order chi connectivity index (χ1) is 24.6. The number of sulfonamides is 1. The average molecular weight is 731 g/mol. The fraction of sp³-hybridized carbons (Fsp3) is 0.450. The standard InChI is InChI=1S/C40H47ClN4O5S/c1-28-6-3-4-19-44(24-30-14-17-42-18-15-30)20-21-49-37-12-9-33(37)25-45-26-40(16-5-7-31-22-34(41)10-11-35(31)40)27-50-38-13-8-32(23-36(38)45)39(46)43-51(47,48)29(28)2/h3-4,8-11,13-15,17-18,22-23,28-29,37H,5-7,12,16,19-21,24-27H2,1-2H3,(H,43,46)/b4-3+/t28-,29+,37?,40-/m0/s1. The molecule has 7 rings (SSSR count). The Kier molecular flexibility index (Phi) is 10.6. The van der Waals surface area contributed by atoms with E-state index in [0.717, 1.165) is 49.5 Å². The van der Waals surface area contributed by atoms with Crippen LogP contribution in [0.5, 0.6) is 5.75 Å². The van der Waals surface area contributed by atoms with Crippen molar-refractivity contribution in [2.45, 2.75) is 69.3 Å². The van der Waals surface area contributed by atoms with Crippen LogP contribution in [0.1, 0.15) is 66.6 Å². The quantitative estimate of drug-likeness (QED) is 0.300. The average Bonchev–Trinajstić information content (AvgIpc) is 3.26. The molecule has 1 spiro atoms. The van der Waals surface area contributed by atoms with E-state index < -0.39 is 21.2 Å². The molecule has 1 aromatic heterocycles. The Hall–Kier alpha value is -3.70. The van der Waals surface area contributed by atoms with Gasteiger partial charge in [0.15, 0.2) is 0 Å². The van der Waals surface area contributed by atoms with E-state index in [1.54, 1.807) is 25.1 Å². The Morgan fingerprint density at radius 3 is 2.71 bits per heavy atom. The third-order valence-corrected chi connectivity index (χ3v) is 13.3. The van der Waals surface area contributed by atoms with Crippen molar-refractivity contribution in [3.05, 3.63) is 112 Å². The molecule has 2 aromatic carbocycles. The summed E-state index contributed by atoms with van der Waals surface area (Å²) in [5.41, 5.74) is 5.63. The van der Waals surface area contributed by atoms with Crippen LogP contribution in [0.4, 0.5) is 5.69 Å². The third-order valence-electron chi connectivity index (χ3n) is 11.1. The van der Waals surface area contributed by atoms with Crippen molar-refractivity contribution < 1.29 is 22.7 Å². The van der Waals surface area contributed by atoms with Crippen molar-refractivity contribution >= 4 is 33.2 Å². The smallest absolute Gasteiger partial charge is 0.264 e. The summed E-state index contributed by atoms with van der Waals surface area (Å²) in [6, 6.07) is 15.5. The number of rotatable bonds is 2. The number of allylic oxidation sites excluding steroid dienone is 1. The Morgan fingerprint density at radius 1 is 1.06 bits per heavy atom. The van der Waals surface area contributed by atoms with Crippen molar-refractivity contribution in [1.82, 2.24) is 14.6 Å². The van der Waals surface area contributed by atoms with Gasteiger partial charge >= 0.3 is 0 Å². The van der Waals surface area contributed by atoms with Gasteiger partial charge in [-0.25, -0.2) is 13.1 Å². The third kappa shape index (κ3) is 7.89.